The number of halogens is 2. The molecule has 0 nitrogen and oxygen atoms in total. The first-order valence-corrected chi connectivity index (χ1v) is 11.4. The summed E-state index contributed by atoms with van der Waals surface area (Å²) in [7, 11) is 4.47. The van der Waals surface area contributed by atoms with Crippen molar-refractivity contribution in [2.75, 3.05) is 0 Å². The Morgan fingerprint density at radius 2 is 1.00 bits per heavy atom. The summed E-state index contributed by atoms with van der Waals surface area (Å²) in [4.78, 5) is 1.61. The number of hydrogen-bond donors (Lipinski definition) is 0. The van der Waals surface area contributed by atoms with Crippen LogP contribution in [0.5, 0.6) is 0 Å². The van der Waals surface area contributed by atoms with E-state index in [1.807, 2.05) is 0 Å². The predicted octanol–water partition coefficient (Wildman–Crippen LogP) is 5.49. The Kier molecular flexibility index (Phi) is 3.80. The Labute approximate surface area is 135 Å². The highest BCUT2D eigenvalue weighted by Gasteiger charge is 2.50. The Morgan fingerprint density at radius 1 is 0.611 bits per heavy atom. The Bertz CT molecular complexity index is 302. The molecule has 18 heavy (non-hydrogen) atoms. The molecule has 0 aromatic rings. The molecule has 0 aromatic carbocycles. The molecule has 4 aliphatic rings. The van der Waals surface area contributed by atoms with Gasteiger partial charge in [0.1, 0.15) is 0 Å². The molecule has 0 heterocycles. The van der Waals surface area contributed by atoms with Gasteiger partial charge >= 0.3 is 0 Å². The molecule has 4 aliphatic carbocycles. The third-order valence-corrected chi connectivity index (χ3v) is 12.7. The van der Waals surface area contributed by atoms with Crippen molar-refractivity contribution in [3.8, 4) is 0 Å². The van der Waals surface area contributed by atoms with E-state index < -0.39 is 0 Å². The van der Waals surface area contributed by atoms with E-state index in [2.05, 4.69) is 53.4 Å². The number of rotatable bonds is 3. The van der Waals surface area contributed by atoms with Crippen LogP contribution < -0.4 is 0 Å². The summed E-state index contributed by atoms with van der Waals surface area (Å²) >= 11 is 7.96. The van der Waals surface area contributed by atoms with Gasteiger partial charge in [0.2, 0.25) is 0 Å². The quantitative estimate of drug-likeness (QED) is 0.444. The molecule has 0 unspecified atom stereocenters. The fourth-order valence-corrected chi connectivity index (χ4v) is 12.2. The number of fused-ring (bicyclic) bond motifs is 4. The van der Waals surface area contributed by atoms with Gasteiger partial charge < -0.3 is 0 Å². The number of alkyl halides is 2. The van der Waals surface area contributed by atoms with Gasteiger partial charge in [0.15, 0.2) is 0 Å². The lowest BCUT2D eigenvalue weighted by Gasteiger charge is -2.30. The summed E-state index contributed by atoms with van der Waals surface area (Å²) in [6, 6.07) is 0. The van der Waals surface area contributed by atoms with Crippen molar-refractivity contribution in [3.05, 3.63) is 0 Å². The van der Waals surface area contributed by atoms with Crippen molar-refractivity contribution in [3.63, 3.8) is 0 Å². The first kappa shape index (κ1) is 13.3. The van der Waals surface area contributed by atoms with E-state index in [9.17, 15) is 0 Å². The highest BCUT2D eigenvalue weighted by molar-refractivity contribution is 9.10. The van der Waals surface area contributed by atoms with E-state index in [4.69, 9.17) is 0 Å². The summed E-state index contributed by atoms with van der Waals surface area (Å²) in [6.45, 7) is 0. The van der Waals surface area contributed by atoms with E-state index in [0.717, 1.165) is 43.8 Å². The van der Waals surface area contributed by atoms with Crippen molar-refractivity contribution in [2.45, 2.75) is 58.7 Å². The molecule has 8 atom stereocenters. The van der Waals surface area contributed by atoms with Crippen molar-refractivity contribution in [1.82, 2.24) is 0 Å². The van der Waals surface area contributed by atoms with E-state index in [1.54, 1.807) is 0 Å². The zero-order valence-electron chi connectivity index (χ0n) is 10.4. The van der Waals surface area contributed by atoms with Crippen LogP contribution in [-0.2, 0) is 0 Å². The SMILES string of the molecule is Br[C@@H]1[C@@H]2CC[C@@H](C2)[C@H]1SS[C@H]1[C@@H]2CC[C@@H](C2)[C@H]1Br. The second-order valence-electron chi connectivity index (χ2n) is 6.68. The summed E-state index contributed by atoms with van der Waals surface area (Å²) in [5, 5.41) is 1.79. The summed E-state index contributed by atoms with van der Waals surface area (Å²) in [6.07, 6.45) is 8.97. The molecule has 0 amide bonds. The molecule has 0 spiro atoms. The molecule has 0 saturated heterocycles. The minimum absolute atomic E-state index is 0.807. The molecule has 0 N–H and O–H groups in total. The monoisotopic (exact) mass is 410 g/mol. The molecular weight excluding hydrogens is 392 g/mol. The fourth-order valence-electron chi connectivity index (χ4n) is 4.73. The summed E-state index contributed by atoms with van der Waals surface area (Å²) in [5.41, 5.74) is 0. The van der Waals surface area contributed by atoms with Crippen molar-refractivity contribution in [1.29, 1.82) is 0 Å². The topological polar surface area (TPSA) is 0 Å². The highest BCUT2D eigenvalue weighted by atomic mass is 79.9. The second-order valence-corrected chi connectivity index (χ2v) is 11.4. The third-order valence-electron chi connectivity index (χ3n) is 5.76. The van der Waals surface area contributed by atoms with Crippen LogP contribution in [0, 0.1) is 23.7 Å². The Hall–Kier alpha value is 1.66. The van der Waals surface area contributed by atoms with Crippen LogP contribution in [0.25, 0.3) is 0 Å². The minimum atomic E-state index is 0.807. The first-order chi connectivity index (χ1) is 8.74. The van der Waals surface area contributed by atoms with Gasteiger partial charge in [0, 0.05) is 20.2 Å². The summed E-state index contributed by atoms with van der Waals surface area (Å²) < 4.78 is 0. The van der Waals surface area contributed by atoms with Crippen molar-refractivity contribution >= 4 is 53.4 Å². The third kappa shape index (κ3) is 2.07. The van der Waals surface area contributed by atoms with Crippen LogP contribution in [0.2, 0.25) is 0 Å². The average molecular weight is 412 g/mol. The van der Waals surface area contributed by atoms with Gasteiger partial charge in [0.05, 0.1) is 0 Å². The van der Waals surface area contributed by atoms with Gasteiger partial charge in [-0.2, -0.15) is 0 Å². The average Bonchev–Trinajstić information content (AvgIpc) is 3.08. The molecule has 102 valence electrons. The molecule has 0 aromatic heterocycles. The van der Waals surface area contributed by atoms with E-state index >= 15 is 0 Å². The standard InChI is InChI=1S/C14H20Br2S2/c15-11-7-1-3-9(5-7)13(11)17-18-14-10-4-2-8(6-10)12(14)16/h7-14H,1-6H2/t7-,8+,9+,10-,11-,12-,13-,14+/m1/s1. The van der Waals surface area contributed by atoms with Gasteiger partial charge in [0.25, 0.3) is 0 Å². The van der Waals surface area contributed by atoms with Crippen LogP contribution in [0.15, 0.2) is 0 Å². The van der Waals surface area contributed by atoms with Crippen molar-refractivity contribution in [2.24, 2.45) is 23.7 Å². The zero-order valence-corrected chi connectivity index (χ0v) is 15.2. The molecule has 0 radical (unpaired) electrons. The fraction of sp³-hybridized carbons (Fsp3) is 1.00. The van der Waals surface area contributed by atoms with E-state index in [1.165, 1.54) is 38.5 Å². The lowest BCUT2D eigenvalue weighted by Crippen LogP contribution is -2.27. The van der Waals surface area contributed by atoms with Gasteiger partial charge in [-0.25, -0.2) is 0 Å². The van der Waals surface area contributed by atoms with Crippen LogP contribution in [0.3, 0.4) is 0 Å². The van der Waals surface area contributed by atoms with E-state index in [-0.39, 0.29) is 0 Å². The maximum atomic E-state index is 3.98. The molecule has 4 rings (SSSR count). The molecule has 4 heteroatoms. The zero-order chi connectivity index (χ0) is 12.3. The second kappa shape index (κ2) is 5.14. The van der Waals surface area contributed by atoms with Gasteiger partial charge in [-0.15, -0.1) is 0 Å². The van der Waals surface area contributed by atoms with Gasteiger partial charge in [-0.3, -0.25) is 0 Å². The van der Waals surface area contributed by atoms with Crippen LogP contribution in [0.1, 0.15) is 38.5 Å². The molecule has 4 fully saturated rings. The maximum Gasteiger partial charge on any atom is 0.0307 e. The van der Waals surface area contributed by atoms with Crippen LogP contribution in [-0.4, -0.2) is 20.2 Å². The molecule has 4 bridgehead atoms. The molecule has 4 saturated carbocycles. The summed E-state index contributed by atoms with van der Waals surface area (Å²) in [5.74, 6) is 4.02. The first-order valence-electron chi connectivity index (χ1n) is 7.34. The maximum absolute atomic E-state index is 3.98. The van der Waals surface area contributed by atoms with Crippen molar-refractivity contribution < 1.29 is 0 Å². The smallest absolute Gasteiger partial charge is 0.0307 e. The predicted molar refractivity (Wildman–Crippen MR) is 89.9 cm³/mol. The Morgan fingerprint density at radius 3 is 1.33 bits per heavy atom. The lowest BCUT2D eigenvalue weighted by atomic mass is 10.0. The highest BCUT2D eigenvalue weighted by Crippen LogP contribution is 2.60. The van der Waals surface area contributed by atoms with E-state index in [0.29, 0.717) is 0 Å². The number of hydrogen-bond acceptors (Lipinski definition) is 2. The minimum Gasteiger partial charge on any atom is -0.0889 e. The Balaban J connectivity index is 1.36. The molecule has 0 aliphatic heterocycles. The molecular formula is C14H20Br2S2. The lowest BCUT2D eigenvalue weighted by molar-refractivity contribution is 0.507. The normalized spacial score (nSPS) is 57.7. The van der Waals surface area contributed by atoms with Gasteiger partial charge in [-0.1, -0.05) is 53.4 Å². The largest absolute Gasteiger partial charge is 0.0889 e. The van der Waals surface area contributed by atoms with Crippen LogP contribution in [0.4, 0.5) is 0 Å². The van der Waals surface area contributed by atoms with Crippen LogP contribution >= 0.6 is 53.4 Å². The van der Waals surface area contributed by atoms with Gasteiger partial charge in [-0.05, 0) is 62.2 Å².